The van der Waals surface area contributed by atoms with E-state index in [1.807, 2.05) is 0 Å². The van der Waals surface area contributed by atoms with Gasteiger partial charge in [-0.15, -0.1) is 0 Å². The second kappa shape index (κ2) is 5.99. The zero-order chi connectivity index (χ0) is 13.8. The lowest BCUT2D eigenvalue weighted by Crippen LogP contribution is -2.35. The maximum Gasteiger partial charge on any atom is 0.403 e. The van der Waals surface area contributed by atoms with Gasteiger partial charge < -0.3 is 5.11 Å². The highest BCUT2D eigenvalue weighted by molar-refractivity contribution is 7.84. The van der Waals surface area contributed by atoms with Gasteiger partial charge in [0.25, 0.3) is 0 Å². The molecule has 0 bridgehead atoms. The first-order chi connectivity index (χ1) is 8.30. The molecule has 2 atom stereocenters. The molecule has 0 heterocycles. The van der Waals surface area contributed by atoms with Crippen molar-refractivity contribution in [1.29, 1.82) is 0 Å². The van der Waals surface area contributed by atoms with Crippen LogP contribution in [0.15, 0.2) is 30.3 Å². The van der Waals surface area contributed by atoms with Crippen molar-refractivity contribution < 1.29 is 27.3 Å². The number of halogens is 3. The zero-order valence-electron chi connectivity index (χ0n) is 9.18. The summed E-state index contributed by atoms with van der Waals surface area (Å²) in [5.41, 5.74) is 0.613. The lowest BCUT2D eigenvalue weighted by molar-refractivity contribution is -0.188. The number of rotatable bonds is 5. The molecule has 1 aromatic carbocycles. The summed E-state index contributed by atoms with van der Waals surface area (Å²) in [6, 6.07) is 8.32. The molecule has 0 aliphatic carbocycles. The average Bonchev–Trinajstić information content (AvgIpc) is 2.25. The van der Waals surface area contributed by atoms with E-state index in [-0.39, 0.29) is 5.75 Å². The summed E-state index contributed by atoms with van der Waals surface area (Å²) < 4.78 is 48.6. The third-order valence-corrected chi connectivity index (χ3v) is 3.58. The van der Waals surface area contributed by atoms with Crippen LogP contribution in [-0.4, -0.2) is 27.2 Å². The molecule has 0 fully saturated rings. The molecule has 0 amide bonds. The predicted molar refractivity (Wildman–Crippen MR) is 60.3 cm³/mol. The number of alkyl halides is 3. The van der Waals surface area contributed by atoms with Crippen molar-refractivity contribution in [2.24, 2.45) is 5.92 Å². The second-order valence-electron chi connectivity index (χ2n) is 3.67. The van der Waals surface area contributed by atoms with Gasteiger partial charge in [-0.25, -0.2) is 0 Å². The number of hydrogen-bond acceptors (Lipinski definition) is 2. The minimum Gasteiger partial charge on any atom is -0.481 e. The smallest absolute Gasteiger partial charge is 0.403 e. The van der Waals surface area contributed by atoms with Crippen LogP contribution < -0.4 is 0 Å². The number of carboxylic acids is 1. The van der Waals surface area contributed by atoms with Crippen LogP contribution in [0.2, 0.25) is 0 Å². The van der Waals surface area contributed by atoms with E-state index in [1.54, 1.807) is 30.3 Å². The maximum absolute atomic E-state index is 12.4. The molecular weight excluding hydrogens is 269 g/mol. The van der Waals surface area contributed by atoms with E-state index >= 15 is 0 Å². The first-order valence-corrected chi connectivity index (χ1v) is 6.48. The summed E-state index contributed by atoms with van der Waals surface area (Å²) in [6.07, 6.45) is -4.88. The molecule has 18 heavy (non-hydrogen) atoms. The molecule has 0 aromatic heterocycles. The van der Waals surface area contributed by atoms with Crippen molar-refractivity contribution in [2.75, 3.05) is 5.75 Å². The minimum absolute atomic E-state index is 0.0826. The van der Waals surface area contributed by atoms with Crippen molar-refractivity contribution in [1.82, 2.24) is 0 Å². The Kier molecular flexibility index (Phi) is 4.89. The Morgan fingerprint density at radius 3 is 2.28 bits per heavy atom. The summed E-state index contributed by atoms with van der Waals surface area (Å²) in [5.74, 6) is -5.58. The van der Waals surface area contributed by atoms with Crippen LogP contribution in [0.4, 0.5) is 13.2 Å². The first-order valence-electron chi connectivity index (χ1n) is 4.99. The molecule has 1 rings (SSSR count). The molecule has 1 N–H and O–H groups in total. The van der Waals surface area contributed by atoms with Gasteiger partial charge in [0, 0.05) is 22.3 Å². The van der Waals surface area contributed by atoms with E-state index in [0.29, 0.717) is 5.56 Å². The first kappa shape index (κ1) is 14.7. The standard InChI is InChI=1S/C11H11F3O3S/c12-11(13,14)9(10(15)16)7-18(17)6-8-4-2-1-3-5-8/h1-5,9H,6-7H2,(H,15,16). The van der Waals surface area contributed by atoms with E-state index in [4.69, 9.17) is 5.11 Å². The highest BCUT2D eigenvalue weighted by Gasteiger charge is 2.45. The fourth-order valence-electron chi connectivity index (χ4n) is 1.31. The fraction of sp³-hybridized carbons (Fsp3) is 0.364. The molecule has 0 radical (unpaired) electrons. The van der Waals surface area contributed by atoms with E-state index in [2.05, 4.69) is 0 Å². The zero-order valence-corrected chi connectivity index (χ0v) is 10.0. The van der Waals surface area contributed by atoms with Gasteiger partial charge in [-0.1, -0.05) is 30.3 Å². The Morgan fingerprint density at radius 2 is 1.83 bits per heavy atom. The van der Waals surface area contributed by atoms with Crippen molar-refractivity contribution in [3.63, 3.8) is 0 Å². The van der Waals surface area contributed by atoms with Gasteiger partial charge in [0.15, 0.2) is 5.92 Å². The van der Waals surface area contributed by atoms with Crippen molar-refractivity contribution in [3.05, 3.63) is 35.9 Å². The summed E-state index contributed by atoms with van der Waals surface area (Å²) in [7, 11) is -1.87. The van der Waals surface area contributed by atoms with Gasteiger partial charge in [-0.2, -0.15) is 13.2 Å². The molecule has 0 saturated heterocycles. The van der Waals surface area contributed by atoms with E-state index in [9.17, 15) is 22.2 Å². The van der Waals surface area contributed by atoms with Crippen LogP contribution in [0.25, 0.3) is 0 Å². The van der Waals surface area contributed by atoms with Crippen LogP contribution in [0.5, 0.6) is 0 Å². The lowest BCUT2D eigenvalue weighted by atomic mass is 10.2. The second-order valence-corrected chi connectivity index (χ2v) is 5.17. The highest BCUT2D eigenvalue weighted by atomic mass is 32.2. The maximum atomic E-state index is 12.4. The summed E-state index contributed by atoms with van der Waals surface area (Å²) in [5, 5.41) is 8.47. The minimum atomic E-state index is -4.88. The Labute approximate surface area is 104 Å². The number of aliphatic carboxylic acids is 1. The molecule has 7 heteroatoms. The lowest BCUT2D eigenvalue weighted by Gasteiger charge is -2.15. The van der Waals surface area contributed by atoms with Crippen molar-refractivity contribution in [2.45, 2.75) is 11.9 Å². The van der Waals surface area contributed by atoms with Gasteiger partial charge >= 0.3 is 12.1 Å². The largest absolute Gasteiger partial charge is 0.481 e. The van der Waals surface area contributed by atoms with Gasteiger partial charge in [-0.3, -0.25) is 9.00 Å². The molecule has 0 saturated carbocycles. The third-order valence-electron chi connectivity index (χ3n) is 2.22. The van der Waals surface area contributed by atoms with E-state index < -0.39 is 34.6 Å². The summed E-state index contributed by atoms with van der Waals surface area (Å²) in [4.78, 5) is 10.5. The van der Waals surface area contributed by atoms with Crippen LogP contribution in [0, 0.1) is 5.92 Å². The van der Waals surface area contributed by atoms with Crippen LogP contribution in [-0.2, 0) is 21.3 Å². The number of benzene rings is 1. The predicted octanol–water partition coefficient (Wildman–Crippen LogP) is 2.20. The molecular formula is C11H11F3O3S. The Balaban J connectivity index is 2.66. The Bertz CT molecular complexity index is 431. The van der Waals surface area contributed by atoms with Crippen LogP contribution in [0.3, 0.4) is 0 Å². The third kappa shape index (κ3) is 4.48. The molecule has 1 aromatic rings. The average molecular weight is 280 g/mol. The van der Waals surface area contributed by atoms with E-state index in [1.165, 1.54) is 0 Å². The van der Waals surface area contributed by atoms with Gasteiger partial charge in [0.2, 0.25) is 0 Å². The molecule has 100 valence electrons. The quantitative estimate of drug-likeness (QED) is 0.899. The van der Waals surface area contributed by atoms with Crippen molar-refractivity contribution >= 4 is 16.8 Å². The number of carbonyl (C=O) groups is 1. The Morgan fingerprint density at radius 1 is 1.28 bits per heavy atom. The van der Waals surface area contributed by atoms with Crippen LogP contribution in [0.1, 0.15) is 5.56 Å². The van der Waals surface area contributed by atoms with Gasteiger partial charge in [-0.05, 0) is 5.56 Å². The van der Waals surface area contributed by atoms with Crippen LogP contribution >= 0.6 is 0 Å². The van der Waals surface area contributed by atoms with Crippen molar-refractivity contribution in [3.8, 4) is 0 Å². The highest BCUT2D eigenvalue weighted by Crippen LogP contribution is 2.27. The monoisotopic (exact) mass is 280 g/mol. The topological polar surface area (TPSA) is 54.4 Å². The molecule has 2 unspecified atom stereocenters. The summed E-state index contributed by atoms with van der Waals surface area (Å²) in [6.45, 7) is 0. The number of carboxylic acid groups (broad SMARTS) is 1. The normalized spacial score (nSPS) is 15.1. The molecule has 3 nitrogen and oxygen atoms in total. The fourth-order valence-corrected chi connectivity index (χ4v) is 2.70. The molecule has 0 spiro atoms. The van der Waals surface area contributed by atoms with Gasteiger partial charge in [0.1, 0.15) is 0 Å². The molecule has 0 aliphatic heterocycles. The Hall–Kier alpha value is -1.37. The SMILES string of the molecule is O=C(O)C(CS(=O)Cc1ccccc1)C(F)(F)F. The summed E-state index contributed by atoms with van der Waals surface area (Å²) >= 11 is 0. The molecule has 0 aliphatic rings. The van der Waals surface area contributed by atoms with E-state index in [0.717, 1.165) is 0 Å². The van der Waals surface area contributed by atoms with Gasteiger partial charge in [0.05, 0.1) is 0 Å². The number of hydrogen-bond donors (Lipinski definition) is 1.